The van der Waals surface area contributed by atoms with Gasteiger partial charge in [-0.05, 0) is 0 Å². The number of hydrogen-bond donors (Lipinski definition) is 0. The Labute approximate surface area is 227 Å². The van der Waals surface area contributed by atoms with Crippen molar-refractivity contribution in [2.75, 3.05) is 6.61 Å². The molecule has 3 atom stereocenters. The van der Waals surface area contributed by atoms with E-state index in [-0.39, 0.29) is 12.8 Å². The van der Waals surface area contributed by atoms with Crippen LogP contribution in [-0.4, -0.2) is 92.8 Å². The molecule has 0 fully saturated rings. The molecule has 23 heteroatoms. The van der Waals surface area contributed by atoms with Crippen molar-refractivity contribution in [3.8, 4) is 0 Å². The van der Waals surface area contributed by atoms with Gasteiger partial charge in [0.05, 0.1) is 0 Å². The fourth-order valence-corrected chi connectivity index (χ4v) is 14.7. The van der Waals surface area contributed by atoms with Gasteiger partial charge in [0.25, 0.3) is 0 Å². The quantitative estimate of drug-likeness (QED) is 0.0722. The van der Waals surface area contributed by atoms with Crippen molar-refractivity contribution < 1.29 is 95.3 Å². The third-order valence-electron chi connectivity index (χ3n) is 5.90. The van der Waals surface area contributed by atoms with E-state index < -0.39 is 106 Å². The molecule has 0 heterocycles. The second-order valence-corrected chi connectivity index (χ2v) is 18.9. The van der Waals surface area contributed by atoms with Crippen LogP contribution in [0, 0.1) is 0 Å². The van der Waals surface area contributed by atoms with Gasteiger partial charge >= 0.3 is 227 Å². The predicted molar refractivity (Wildman–Crippen MR) is 103 cm³/mol. The third-order valence-corrected chi connectivity index (χ3v) is 17.8. The summed E-state index contributed by atoms with van der Waals surface area (Å²) < 4.78 is 273. The molecule has 0 spiro atoms. The fraction of sp³-hybridized carbons (Fsp3) is 1.00. The SMILES string of the molecule is CCCCCCC[O][Sn]([CH](F)C(F)(F)C(F)(F)C(F)F)([CH](F)C(F)(F)C(F)(F)C(F)F)[CH](F)C(F)(F)C(F)(F)C(F)F. The van der Waals surface area contributed by atoms with Gasteiger partial charge in [-0.1, -0.05) is 0 Å². The summed E-state index contributed by atoms with van der Waals surface area (Å²) in [5.41, 5.74) is 0. The maximum absolute atomic E-state index is 15.1. The molecular weight excluding hydrogens is 762 g/mol. The van der Waals surface area contributed by atoms with E-state index in [0.29, 0.717) is 6.42 Å². The Balaban J connectivity index is 7.78. The van der Waals surface area contributed by atoms with Gasteiger partial charge < -0.3 is 0 Å². The predicted octanol–water partition coefficient (Wildman–Crippen LogP) is 9.16. The second kappa shape index (κ2) is 14.2. The summed E-state index contributed by atoms with van der Waals surface area (Å²) in [5, 5.41) is 0. The molecule has 0 aromatic carbocycles. The van der Waals surface area contributed by atoms with E-state index in [2.05, 4.69) is 3.07 Å². The minimum atomic E-state index is -10.4. The van der Waals surface area contributed by atoms with Crippen LogP contribution in [0.4, 0.5) is 92.2 Å². The molecule has 0 aliphatic carbocycles. The summed E-state index contributed by atoms with van der Waals surface area (Å²) in [6.45, 7) is -0.543. The standard InChI is InChI=1S/C7H15O.3C4H2F7.Sn/c1-2-3-4-5-6-7-8;3*5-1-3(8,9)4(10,11)2(6)7;/h2-7H2,1H3;3*1-2H;/q-1;;;;+1. The summed E-state index contributed by atoms with van der Waals surface area (Å²) in [7, 11) is 0. The van der Waals surface area contributed by atoms with Crippen LogP contribution in [0.5, 0.6) is 0 Å². The first-order chi connectivity index (χ1) is 18.6. The Kier molecular flexibility index (Phi) is 13.9. The normalized spacial score (nSPS) is 18.5. The van der Waals surface area contributed by atoms with Crippen molar-refractivity contribution in [1.29, 1.82) is 0 Å². The molecule has 0 radical (unpaired) electrons. The molecule has 0 aliphatic heterocycles. The molecule has 0 amide bonds. The molecule has 42 heavy (non-hydrogen) atoms. The van der Waals surface area contributed by atoms with Crippen LogP contribution in [0.2, 0.25) is 0 Å². The monoisotopic (exact) mass is 784 g/mol. The molecule has 3 unspecified atom stereocenters. The molecule has 254 valence electrons. The molecule has 1 nitrogen and oxygen atoms in total. The summed E-state index contributed by atoms with van der Waals surface area (Å²) >= 11 is -10.4. The number of alkyl halides is 21. The first-order valence-corrected chi connectivity index (χ1v) is 17.4. The van der Waals surface area contributed by atoms with Gasteiger partial charge in [-0.2, -0.15) is 0 Å². The van der Waals surface area contributed by atoms with Crippen LogP contribution in [0.15, 0.2) is 0 Å². The van der Waals surface area contributed by atoms with Gasteiger partial charge in [-0.25, -0.2) is 0 Å². The zero-order chi connectivity index (χ0) is 33.9. The first kappa shape index (κ1) is 41.3. The maximum atomic E-state index is 15.1. The molecule has 0 saturated carbocycles. The van der Waals surface area contributed by atoms with Crippen LogP contribution < -0.4 is 0 Å². The van der Waals surface area contributed by atoms with E-state index in [1.807, 2.05) is 0 Å². The summed E-state index contributed by atoms with van der Waals surface area (Å²) in [6, 6.07) is 0. The first-order valence-electron chi connectivity index (χ1n) is 11.3. The van der Waals surface area contributed by atoms with Gasteiger partial charge in [0.1, 0.15) is 0 Å². The van der Waals surface area contributed by atoms with Crippen molar-refractivity contribution in [2.24, 2.45) is 0 Å². The van der Waals surface area contributed by atoms with E-state index in [1.54, 1.807) is 0 Å². The summed E-state index contributed by atoms with van der Waals surface area (Å²) in [4.78, 5) is 0. The van der Waals surface area contributed by atoms with Crippen molar-refractivity contribution in [1.82, 2.24) is 0 Å². The van der Waals surface area contributed by atoms with Gasteiger partial charge in [0, 0.05) is 0 Å². The third kappa shape index (κ3) is 7.22. The Morgan fingerprint density at radius 3 is 0.929 bits per heavy atom. The van der Waals surface area contributed by atoms with Crippen LogP contribution in [0.1, 0.15) is 39.0 Å². The average Bonchev–Trinajstić information content (AvgIpc) is 2.86. The average molecular weight is 783 g/mol. The van der Waals surface area contributed by atoms with Crippen molar-refractivity contribution in [3.05, 3.63) is 0 Å². The Bertz CT molecular complexity index is 741. The summed E-state index contributed by atoms with van der Waals surface area (Å²) in [6.07, 6.45) is -18.5. The Hall–Kier alpha value is -0.711. The van der Waals surface area contributed by atoms with Gasteiger partial charge in [-0.3, -0.25) is 0 Å². The molecule has 0 N–H and O–H groups in total. The Morgan fingerprint density at radius 1 is 0.429 bits per heavy atom. The van der Waals surface area contributed by atoms with Crippen LogP contribution in [-0.2, 0) is 3.07 Å². The molecule has 0 aromatic rings. The van der Waals surface area contributed by atoms with E-state index in [9.17, 15) is 79.0 Å². The van der Waals surface area contributed by atoms with Crippen molar-refractivity contribution >= 4 is 18.8 Å². The zero-order valence-corrected chi connectivity index (χ0v) is 23.4. The van der Waals surface area contributed by atoms with Gasteiger partial charge in [0.15, 0.2) is 0 Å². The topological polar surface area (TPSA) is 9.23 Å². The molecule has 0 aromatic heterocycles. The number of rotatable bonds is 19. The fourth-order valence-electron chi connectivity index (χ4n) is 3.35. The van der Waals surface area contributed by atoms with E-state index in [1.165, 1.54) is 6.92 Å². The van der Waals surface area contributed by atoms with E-state index >= 15 is 13.2 Å². The summed E-state index contributed by atoms with van der Waals surface area (Å²) in [5.74, 6) is -44.8. The van der Waals surface area contributed by atoms with Crippen molar-refractivity contribution in [3.63, 3.8) is 0 Å². The van der Waals surface area contributed by atoms with E-state index in [0.717, 1.165) is 0 Å². The number of hydrogen-bond acceptors (Lipinski definition) is 1. The number of unbranched alkanes of at least 4 members (excludes halogenated alkanes) is 4. The van der Waals surface area contributed by atoms with E-state index in [4.69, 9.17) is 0 Å². The van der Waals surface area contributed by atoms with Crippen LogP contribution >= 0.6 is 0 Å². The molecular formula is C19H21F21OSn. The molecule has 0 aliphatic rings. The van der Waals surface area contributed by atoms with Crippen molar-refractivity contribution in [2.45, 2.75) is 106 Å². The molecule has 0 bridgehead atoms. The Morgan fingerprint density at radius 2 is 0.690 bits per heavy atom. The minimum absolute atomic E-state index is 0.0433. The van der Waals surface area contributed by atoms with Crippen LogP contribution in [0.25, 0.3) is 0 Å². The van der Waals surface area contributed by atoms with Crippen LogP contribution in [0.3, 0.4) is 0 Å². The zero-order valence-electron chi connectivity index (χ0n) is 20.6. The van der Waals surface area contributed by atoms with Gasteiger partial charge in [-0.15, -0.1) is 0 Å². The second-order valence-electron chi connectivity index (χ2n) is 8.84. The molecule has 0 saturated heterocycles. The van der Waals surface area contributed by atoms with Gasteiger partial charge in [0.2, 0.25) is 0 Å². The molecule has 0 rings (SSSR count). The number of halogens is 21.